The SMILES string of the molecule is Cc1cc(C(=O)C(C)NC(=O)OC(C)(C)C)cs1. The Balaban J connectivity index is 2.58. The topological polar surface area (TPSA) is 55.4 Å². The third-order valence-electron chi connectivity index (χ3n) is 2.14. The predicted octanol–water partition coefficient (Wildman–Crippen LogP) is 3.15. The van der Waals surface area contributed by atoms with Crippen molar-refractivity contribution < 1.29 is 14.3 Å². The van der Waals surface area contributed by atoms with Crippen LogP contribution in [0.4, 0.5) is 4.79 Å². The molecule has 100 valence electrons. The molecule has 1 atom stereocenters. The molecule has 5 heteroatoms. The second-order valence-electron chi connectivity index (χ2n) is 5.18. The van der Waals surface area contributed by atoms with Gasteiger partial charge in [0.1, 0.15) is 5.60 Å². The smallest absolute Gasteiger partial charge is 0.408 e. The van der Waals surface area contributed by atoms with E-state index in [1.807, 2.05) is 13.0 Å². The number of ketones is 1. The molecule has 1 heterocycles. The van der Waals surface area contributed by atoms with Gasteiger partial charge in [0, 0.05) is 15.8 Å². The van der Waals surface area contributed by atoms with Gasteiger partial charge < -0.3 is 10.1 Å². The highest BCUT2D eigenvalue weighted by molar-refractivity contribution is 7.10. The number of Topliss-reactive ketones (excluding diaryl/α,β-unsaturated/α-hetero) is 1. The molecule has 0 aliphatic carbocycles. The Kier molecular flexibility index (Phi) is 4.51. The molecule has 1 amide bonds. The van der Waals surface area contributed by atoms with Crippen molar-refractivity contribution in [3.8, 4) is 0 Å². The highest BCUT2D eigenvalue weighted by atomic mass is 32.1. The van der Waals surface area contributed by atoms with Crippen LogP contribution in [0.2, 0.25) is 0 Å². The number of carbonyl (C=O) groups excluding carboxylic acids is 2. The standard InChI is InChI=1S/C13H19NO3S/c1-8-6-10(7-18-8)11(15)9(2)14-12(16)17-13(3,4)5/h6-7,9H,1-5H3,(H,14,16). The van der Waals surface area contributed by atoms with Gasteiger partial charge in [0.15, 0.2) is 5.78 Å². The monoisotopic (exact) mass is 269 g/mol. The number of ether oxygens (including phenoxy) is 1. The maximum Gasteiger partial charge on any atom is 0.408 e. The van der Waals surface area contributed by atoms with Crippen molar-refractivity contribution >= 4 is 23.2 Å². The Bertz CT molecular complexity index is 445. The summed E-state index contributed by atoms with van der Waals surface area (Å²) in [5.41, 5.74) is 0.0623. The average molecular weight is 269 g/mol. The molecule has 0 radical (unpaired) electrons. The molecule has 1 aromatic heterocycles. The fourth-order valence-electron chi connectivity index (χ4n) is 1.37. The minimum atomic E-state index is -0.589. The van der Waals surface area contributed by atoms with E-state index in [-0.39, 0.29) is 5.78 Å². The van der Waals surface area contributed by atoms with E-state index in [0.29, 0.717) is 5.56 Å². The second-order valence-corrected chi connectivity index (χ2v) is 6.29. The Labute approximate surface area is 111 Å². The van der Waals surface area contributed by atoms with Crippen LogP contribution in [0.3, 0.4) is 0 Å². The number of alkyl carbamates (subject to hydrolysis) is 1. The largest absolute Gasteiger partial charge is 0.444 e. The van der Waals surface area contributed by atoms with Crippen LogP contribution >= 0.6 is 11.3 Å². The van der Waals surface area contributed by atoms with E-state index in [2.05, 4.69) is 5.32 Å². The number of rotatable bonds is 3. The zero-order valence-corrected chi connectivity index (χ0v) is 12.2. The fourth-order valence-corrected chi connectivity index (χ4v) is 2.06. The second kappa shape index (κ2) is 5.52. The first-order valence-corrected chi connectivity index (χ1v) is 6.66. The molecule has 1 aromatic rings. The minimum absolute atomic E-state index is 0.106. The van der Waals surface area contributed by atoms with E-state index in [1.54, 1.807) is 33.1 Å². The first-order chi connectivity index (χ1) is 8.19. The summed E-state index contributed by atoms with van der Waals surface area (Å²) in [6.45, 7) is 8.93. The summed E-state index contributed by atoms with van der Waals surface area (Å²) in [6.07, 6.45) is -0.574. The number of amides is 1. The molecule has 0 bridgehead atoms. The number of hydrogen-bond acceptors (Lipinski definition) is 4. The zero-order valence-electron chi connectivity index (χ0n) is 11.4. The van der Waals surface area contributed by atoms with E-state index < -0.39 is 17.7 Å². The van der Waals surface area contributed by atoms with Crippen molar-refractivity contribution in [2.45, 2.75) is 46.3 Å². The molecule has 0 aromatic carbocycles. The van der Waals surface area contributed by atoms with Crippen molar-refractivity contribution in [3.05, 3.63) is 21.9 Å². The first kappa shape index (κ1) is 14.7. The van der Waals surface area contributed by atoms with Crippen molar-refractivity contribution in [1.29, 1.82) is 0 Å². The summed E-state index contributed by atoms with van der Waals surface area (Å²) in [6, 6.07) is 1.23. The summed E-state index contributed by atoms with van der Waals surface area (Å²) in [5, 5.41) is 4.33. The molecule has 0 aliphatic heterocycles. The highest BCUT2D eigenvalue weighted by Crippen LogP contribution is 2.15. The van der Waals surface area contributed by atoms with Gasteiger partial charge in [-0.15, -0.1) is 11.3 Å². The molecule has 0 aliphatic rings. The van der Waals surface area contributed by atoms with Crippen LogP contribution in [0.1, 0.15) is 42.9 Å². The van der Waals surface area contributed by atoms with Crippen molar-refractivity contribution in [3.63, 3.8) is 0 Å². The minimum Gasteiger partial charge on any atom is -0.444 e. The molecule has 0 fully saturated rings. The predicted molar refractivity (Wildman–Crippen MR) is 72.2 cm³/mol. The Morgan fingerprint density at radius 2 is 2.00 bits per heavy atom. The quantitative estimate of drug-likeness (QED) is 0.858. The van der Waals surface area contributed by atoms with E-state index >= 15 is 0 Å². The van der Waals surface area contributed by atoms with Crippen LogP contribution in [0, 0.1) is 6.92 Å². The fraction of sp³-hybridized carbons (Fsp3) is 0.538. The van der Waals surface area contributed by atoms with Gasteiger partial charge in [-0.25, -0.2) is 4.79 Å². The van der Waals surface area contributed by atoms with Gasteiger partial charge >= 0.3 is 6.09 Å². The van der Waals surface area contributed by atoms with Gasteiger partial charge in [0.05, 0.1) is 6.04 Å². The van der Waals surface area contributed by atoms with Gasteiger partial charge in [-0.2, -0.15) is 0 Å². The molecule has 0 spiro atoms. The van der Waals surface area contributed by atoms with Gasteiger partial charge in [0.2, 0.25) is 0 Å². The molecule has 1 rings (SSSR count). The third-order valence-corrected chi connectivity index (χ3v) is 3.00. The van der Waals surface area contributed by atoms with E-state index in [1.165, 1.54) is 11.3 Å². The Morgan fingerprint density at radius 1 is 1.39 bits per heavy atom. The maximum atomic E-state index is 12.0. The van der Waals surface area contributed by atoms with Gasteiger partial charge in [-0.1, -0.05) is 0 Å². The number of carbonyl (C=O) groups is 2. The van der Waals surface area contributed by atoms with Gasteiger partial charge in [-0.05, 0) is 40.7 Å². The Morgan fingerprint density at radius 3 is 2.44 bits per heavy atom. The molecule has 1 unspecified atom stereocenters. The molecular formula is C13H19NO3S. The van der Waals surface area contributed by atoms with E-state index in [4.69, 9.17) is 4.74 Å². The van der Waals surface area contributed by atoms with E-state index in [9.17, 15) is 9.59 Å². The molecular weight excluding hydrogens is 250 g/mol. The summed E-state index contributed by atoms with van der Waals surface area (Å²) in [4.78, 5) is 24.6. The number of aryl methyl sites for hydroxylation is 1. The van der Waals surface area contributed by atoms with Gasteiger partial charge in [-0.3, -0.25) is 4.79 Å². The number of nitrogens with one attached hydrogen (secondary N) is 1. The first-order valence-electron chi connectivity index (χ1n) is 5.78. The number of thiophene rings is 1. The van der Waals surface area contributed by atoms with Crippen LogP contribution < -0.4 is 5.32 Å². The molecule has 0 saturated carbocycles. The average Bonchev–Trinajstić information content (AvgIpc) is 2.60. The maximum absolute atomic E-state index is 12.0. The van der Waals surface area contributed by atoms with Crippen LogP contribution in [-0.2, 0) is 4.74 Å². The lowest BCUT2D eigenvalue weighted by Gasteiger charge is -2.21. The molecule has 18 heavy (non-hydrogen) atoms. The van der Waals surface area contributed by atoms with Gasteiger partial charge in [0.25, 0.3) is 0 Å². The van der Waals surface area contributed by atoms with Crippen LogP contribution in [0.15, 0.2) is 11.4 Å². The zero-order chi connectivity index (χ0) is 13.9. The van der Waals surface area contributed by atoms with Crippen molar-refractivity contribution in [2.75, 3.05) is 0 Å². The van der Waals surface area contributed by atoms with Crippen LogP contribution in [-0.4, -0.2) is 23.5 Å². The molecule has 0 saturated heterocycles. The van der Waals surface area contributed by atoms with Crippen molar-refractivity contribution in [2.24, 2.45) is 0 Å². The number of hydrogen-bond donors (Lipinski definition) is 1. The van der Waals surface area contributed by atoms with Crippen LogP contribution in [0.25, 0.3) is 0 Å². The molecule has 4 nitrogen and oxygen atoms in total. The summed E-state index contributed by atoms with van der Waals surface area (Å²) in [5.74, 6) is -0.106. The highest BCUT2D eigenvalue weighted by Gasteiger charge is 2.22. The summed E-state index contributed by atoms with van der Waals surface area (Å²) < 4.78 is 5.10. The lowest BCUT2D eigenvalue weighted by molar-refractivity contribution is 0.0497. The third kappa shape index (κ3) is 4.49. The molecule has 1 N–H and O–H groups in total. The van der Waals surface area contributed by atoms with Crippen molar-refractivity contribution in [1.82, 2.24) is 5.32 Å². The Hall–Kier alpha value is -1.36. The lowest BCUT2D eigenvalue weighted by atomic mass is 10.1. The van der Waals surface area contributed by atoms with Crippen LogP contribution in [0.5, 0.6) is 0 Å². The summed E-state index contributed by atoms with van der Waals surface area (Å²) in [7, 11) is 0. The summed E-state index contributed by atoms with van der Waals surface area (Å²) >= 11 is 1.51. The lowest BCUT2D eigenvalue weighted by Crippen LogP contribution is -2.41. The van der Waals surface area contributed by atoms with E-state index in [0.717, 1.165) is 4.88 Å². The normalized spacial score (nSPS) is 12.9.